The van der Waals surface area contributed by atoms with E-state index < -0.39 is 6.16 Å². The van der Waals surface area contributed by atoms with E-state index >= 15 is 0 Å². The van der Waals surface area contributed by atoms with Gasteiger partial charge in [0.05, 0.1) is 0 Å². The first-order chi connectivity index (χ1) is 7.73. The highest BCUT2D eigenvalue weighted by atomic mass is 16.7. The molecule has 3 heteroatoms. The standard InChI is InChI=1S/C14H28O3/c1-9(2)8-12(7)16-14(15)17-13(10(3)4)11(5)6/h9-13H,8H2,1-7H3. The van der Waals surface area contributed by atoms with Crippen molar-refractivity contribution in [1.29, 1.82) is 0 Å². The van der Waals surface area contributed by atoms with Crippen LogP contribution in [-0.4, -0.2) is 18.4 Å². The minimum Gasteiger partial charge on any atom is -0.431 e. The van der Waals surface area contributed by atoms with E-state index in [1.54, 1.807) is 0 Å². The maximum Gasteiger partial charge on any atom is 0.508 e. The molecular formula is C14H28O3. The lowest BCUT2D eigenvalue weighted by Crippen LogP contribution is -2.30. The van der Waals surface area contributed by atoms with Crippen molar-refractivity contribution in [2.24, 2.45) is 17.8 Å². The predicted molar refractivity (Wildman–Crippen MR) is 69.9 cm³/mol. The minimum absolute atomic E-state index is 0.0752. The van der Waals surface area contributed by atoms with Gasteiger partial charge in [-0.05, 0) is 31.1 Å². The van der Waals surface area contributed by atoms with Gasteiger partial charge < -0.3 is 9.47 Å². The molecule has 0 N–H and O–H groups in total. The zero-order valence-electron chi connectivity index (χ0n) is 12.3. The van der Waals surface area contributed by atoms with Gasteiger partial charge in [0.25, 0.3) is 0 Å². The molecule has 0 aliphatic carbocycles. The van der Waals surface area contributed by atoms with Crippen LogP contribution in [0.2, 0.25) is 0 Å². The van der Waals surface area contributed by atoms with Crippen molar-refractivity contribution >= 4 is 6.16 Å². The molecule has 17 heavy (non-hydrogen) atoms. The molecule has 0 spiro atoms. The average Bonchev–Trinajstić information content (AvgIpc) is 2.11. The molecule has 0 saturated carbocycles. The largest absolute Gasteiger partial charge is 0.508 e. The first-order valence-electron chi connectivity index (χ1n) is 6.61. The zero-order chi connectivity index (χ0) is 13.6. The molecule has 0 amide bonds. The number of carbonyl (C=O) groups excluding carboxylic acids is 1. The molecule has 0 heterocycles. The van der Waals surface area contributed by atoms with E-state index in [1.807, 2.05) is 6.92 Å². The van der Waals surface area contributed by atoms with Crippen LogP contribution in [0.5, 0.6) is 0 Å². The highest BCUT2D eigenvalue weighted by Gasteiger charge is 2.23. The van der Waals surface area contributed by atoms with Gasteiger partial charge in [-0.1, -0.05) is 41.5 Å². The van der Waals surface area contributed by atoms with E-state index in [0.29, 0.717) is 17.8 Å². The molecule has 0 aromatic rings. The Balaban J connectivity index is 4.15. The van der Waals surface area contributed by atoms with Crippen LogP contribution in [0.3, 0.4) is 0 Å². The number of rotatable bonds is 6. The molecule has 0 aliphatic rings. The lowest BCUT2D eigenvalue weighted by Gasteiger charge is -2.25. The molecule has 0 aromatic carbocycles. The van der Waals surface area contributed by atoms with Crippen LogP contribution in [0.1, 0.15) is 54.9 Å². The highest BCUT2D eigenvalue weighted by Crippen LogP contribution is 2.18. The quantitative estimate of drug-likeness (QED) is 0.655. The second-order valence-electron chi connectivity index (χ2n) is 5.88. The number of hydrogen-bond acceptors (Lipinski definition) is 3. The van der Waals surface area contributed by atoms with Crippen molar-refractivity contribution in [2.75, 3.05) is 0 Å². The van der Waals surface area contributed by atoms with Crippen molar-refractivity contribution in [3.05, 3.63) is 0 Å². The second kappa shape index (κ2) is 7.57. The second-order valence-corrected chi connectivity index (χ2v) is 5.88. The molecular weight excluding hydrogens is 216 g/mol. The summed E-state index contributed by atoms with van der Waals surface area (Å²) in [5.74, 6) is 1.13. The molecule has 0 rings (SSSR count). The van der Waals surface area contributed by atoms with Gasteiger partial charge in [0.2, 0.25) is 0 Å². The summed E-state index contributed by atoms with van der Waals surface area (Å²) < 4.78 is 10.6. The SMILES string of the molecule is CC(C)CC(C)OC(=O)OC(C(C)C)C(C)C. The fraction of sp³-hybridized carbons (Fsp3) is 0.929. The van der Waals surface area contributed by atoms with Gasteiger partial charge in [-0.3, -0.25) is 0 Å². The normalized spacial score (nSPS) is 13.6. The lowest BCUT2D eigenvalue weighted by atomic mass is 9.96. The van der Waals surface area contributed by atoms with E-state index in [-0.39, 0.29) is 12.2 Å². The Morgan fingerprint density at radius 1 is 0.882 bits per heavy atom. The van der Waals surface area contributed by atoms with Crippen molar-refractivity contribution in [3.63, 3.8) is 0 Å². The zero-order valence-corrected chi connectivity index (χ0v) is 12.3. The van der Waals surface area contributed by atoms with Gasteiger partial charge in [0.15, 0.2) is 0 Å². The summed E-state index contributed by atoms with van der Waals surface area (Å²) in [5, 5.41) is 0. The maximum absolute atomic E-state index is 11.6. The number of carbonyl (C=O) groups is 1. The van der Waals surface area contributed by atoms with Gasteiger partial charge in [0.1, 0.15) is 12.2 Å². The van der Waals surface area contributed by atoms with Gasteiger partial charge in [-0.25, -0.2) is 4.79 Å². The van der Waals surface area contributed by atoms with Crippen LogP contribution in [-0.2, 0) is 9.47 Å². The van der Waals surface area contributed by atoms with E-state index in [9.17, 15) is 4.79 Å². The summed E-state index contributed by atoms with van der Waals surface area (Å²) in [6.07, 6.45) is 0.171. The number of ether oxygens (including phenoxy) is 2. The highest BCUT2D eigenvalue weighted by molar-refractivity contribution is 5.60. The van der Waals surface area contributed by atoms with Gasteiger partial charge in [-0.15, -0.1) is 0 Å². The van der Waals surface area contributed by atoms with Crippen LogP contribution < -0.4 is 0 Å². The minimum atomic E-state index is -0.537. The summed E-state index contributed by atoms with van der Waals surface area (Å²) in [7, 11) is 0. The van der Waals surface area contributed by atoms with Gasteiger partial charge in [-0.2, -0.15) is 0 Å². The Kier molecular flexibility index (Phi) is 7.24. The van der Waals surface area contributed by atoms with Crippen LogP contribution >= 0.6 is 0 Å². The van der Waals surface area contributed by atoms with Crippen LogP contribution in [0.4, 0.5) is 4.79 Å². The smallest absolute Gasteiger partial charge is 0.431 e. The fourth-order valence-corrected chi connectivity index (χ4v) is 2.06. The van der Waals surface area contributed by atoms with Gasteiger partial charge in [0, 0.05) is 0 Å². The van der Waals surface area contributed by atoms with Crippen LogP contribution in [0.25, 0.3) is 0 Å². The third-order valence-electron chi connectivity index (χ3n) is 2.65. The molecule has 0 aromatic heterocycles. The van der Waals surface area contributed by atoms with Crippen LogP contribution in [0, 0.1) is 17.8 Å². The van der Waals surface area contributed by atoms with Crippen molar-refractivity contribution in [2.45, 2.75) is 67.1 Å². The van der Waals surface area contributed by atoms with Gasteiger partial charge >= 0.3 is 6.16 Å². The summed E-state index contributed by atoms with van der Waals surface area (Å²) >= 11 is 0. The topological polar surface area (TPSA) is 35.5 Å². The predicted octanol–water partition coefficient (Wildman–Crippen LogP) is 4.25. The van der Waals surface area contributed by atoms with Crippen molar-refractivity contribution in [3.8, 4) is 0 Å². The molecule has 102 valence electrons. The third kappa shape index (κ3) is 7.24. The Labute approximate surface area is 106 Å². The Morgan fingerprint density at radius 3 is 1.71 bits per heavy atom. The molecule has 0 fully saturated rings. The summed E-state index contributed by atoms with van der Waals surface area (Å²) in [6, 6.07) is 0. The van der Waals surface area contributed by atoms with E-state index in [2.05, 4.69) is 41.5 Å². The summed E-state index contributed by atoms with van der Waals surface area (Å²) in [6.45, 7) is 14.3. The molecule has 1 unspecified atom stereocenters. The molecule has 3 nitrogen and oxygen atoms in total. The monoisotopic (exact) mass is 244 g/mol. The first kappa shape index (κ1) is 16.3. The molecule has 0 bridgehead atoms. The average molecular weight is 244 g/mol. The summed E-state index contributed by atoms with van der Waals surface area (Å²) in [4.78, 5) is 11.6. The molecule has 0 radical (unpaired) electrons. The van der Waals surface area contributed by atoms with Crippen LogP contribution in [0.15, 0.2) is 0 Å². The molecule has 0 aliphatic heterocycles. The Bertz CT molecular complexity index is 214. The number of hydrogen-bond donors (Lipinski definition) is 0. The molecule has 0 saturated heterocycles. The Hall–Kier alpha value is -0.730. The van der Waals surface area contributed by atoms with Crippen molar-refractivity contribution in [1.82, 2.24) is 0 Å². The lowest BCUT2D eigenvalue weighted by molar-refractivity contribution is -0.0283. The third-order valence-corrected chi connectivity index (χ3v) is 2.65. The Morgan fingerprint density at radius 2 is 1.35 bits per heavy atom. The summed E-state index contributed by atoms with van der Waals surface area (Å²) in [5.41, 5.74) is 0. The fourth-order valence-electron chi connectivity index (χ4n) is 2.06. The van der Waals surface area contributed by atoms with Crippen molar-refractivity contribution < 1.29 is 14.3 Å². The van der Waals surface area contributed by atoms with E-state index in [4.69, 9.17) is 9.47 Å². The van der Waals surface area contributed by atoms with E-state index in [0.717, 1.165) is 6.42 Å². The first-order valence-corrected chi connectivity index (χ1v) is 6.61. The molecule has 1 atom stereocenters. The van der Waals surface area contributed by atoms with E-state index in [1.165, 1.54) is 0 Å². The maximum atomic E-state index is 11.6.